The Kier molecular flexibility index (Phi) is 14.6. The van der Waals surface area contributed by atoms with E-state index in [1.807, 2.05) is 19.9 Å². The number of hydrogen-bond donors (Lipinski definition) is 6. The zero-order valence-electron chi connectivity index (χ0n) is 27.9. The van der Waals surface area contributed by atoms with Crippen LogP contribution in [0.3, 0.4) is 0 Å². The lowest BCUT2D eigenvalue weighted by molar-refractivity contribution is -0.131. The first-order valence-electron chi connectivity index (χ1n) is 17.0. The van der Waals surface area contributed by atoms with Crippen LogP contribution in [0.1, 0.15) is 69.2 Å². The number of aliphatic hydroxyl groups excluding tert-OH is 2. The van der Waals surface area contributed by atoms with Crippen LogP contribution in [0.15, 0.2) is 36.5 Å². The molecule has 0 bridgehead atoms. The molecule has 0 radical (unpaired) electrons. The largest absolute Gasteiger partial charge is 0.390 e. The van der Waals surface area contributed by atoms with Gasteiger partial charge in [0.2, 0.25) is 11.8 Å². The number of carbonyl (C=O) groups excluding carboxylic acids is 2. The van der Waals surface area contributed by atoms with E-state index in [-0.39, 0.29) is 51.0 Å². The number of nitrogens with one attached hydrogen (secondary N) is 3. The second-order valence-corrected chi connectivity index (χ2v) is 16.2. The highest BCUT2D eigenvalue weighted by atomic mass is 32.2. The average molecular weight is 709 g/mol. The summed E-state index contributed by atoms with van der Waals surface area (Å²) in [4.78, 5) is 32.8. The molecule has 1 saturated carbocycles. The fraction of sp³-hybridized carbons (Fsp3) is 0.667. The highest BCUT2D eigenvalue weighted by Gasteiger charge is 2.36. The molecule has 2 amide bonds. The molecule has 268 valence electrons. The van der Waals surface area contributed by atoms with Crippen molar-refractivity contribution in [1.29, 1.82) is 0 Å². The lowest BCUT2D eigenvalue weighted by Crippen LogP contribution is -2.59. The summed E-state index contributed by atoms with van der Waals surface area (Å²) in [5.74, 6) is -0.824. The molecule has 7 N–H and O–H groups in total. The molecule has 0 spiro atoms. The molecule has 2 aromatic rings. The van der Waals surface area contributed by atoms with Crippen LogP contribution in [0.4, 0.5) is 5.13 Å². The third-order valence-electron chi connectivity index (χ3n) is 8.97. The fourth-order valence-electron chi connectivity index (χ4n) is 6.42. The predicted octanol–water partition coefficient (Wildman–Crippen LogP) is 1.75. The quantitative estimate of drug-likeness (QED) is 0.142. The number of amides is 2. The van der Waals surface area contributed by atoms with Crippen molar-refractivity contribution in [3.05, 3.63) is 47.0 Å². The Morgan fingerprint density at radius 2 is 1.69 bits per heavy atom. The van der Waals surface area contributed by atoms with Crippen LogP contribution in [0.25, 0.3) is 0 Å². The van der Waals surface area contributed by atoms with Gasteiger partial charge in [0.05, 0.1) is 25.4 Å². The monoisotopic (exact) mass is 708 g/mol. The summed E-state index contributed by atoms with van der Waals surface area (Å²) in [5.41, 5.74) is 6.60. The number of aliphatic hydroxyl groups is 2. The zero-order chi connectivity index (χ0) is 34.7. The van der Waals surface area contributed by atoms with Gasteiger partial charge in [0.25, 0.3) is 10.2 Å². The summed E-state index contributed by atoms with van der Waals surface area (Å²) in [6.07, 6.45) is 5.48. The first kappa shape index (κ1) is 38.1. The molecule has 1 aromatic carbocycles. The minimum atomic E-state index is -4.07. The van der Waals surface area contributed by atoms with Gasteiger partial charge in [0.1, 0.15) is 18.2 Å². The molecule has 1 saturated heterocycles. The number of nitrogens with zero attached hydrogens (tertiary/aromatic N) is 2. The maximum Gasteiger partial charge on any atom is 0.280 e. The van der Waals surface area contributed by atoms with Gasteiger partial charge in [-0.1, -0.05) is 76.3 Å². The SMILES string of the molecule is CC(C)C[C@H](O)[C@H](O)[C@H](CC1CCCCC1)NC(=O)[C@H](Cc1cnc(N)s1)NC(=O)[C@H](Cc1ccccc1)NS(=O)(=O)N1CCOCC1. The van der Waals surface area contributed by atoms with Crippen molar-refractivity contribution >= 4 is 38.5 Å². The molecule has 4 rings (SSSR count). The topological polar surface area (TPSA) is 196 Å². The summed E-state index contributed by atoms with van der Waals surface area (Å²) in [6.45, 7) is 4.71. The highest BCUT2D eigenvalue weighted by molar-refractivity contribution is 7.87. The smallest absolute Gasteiger partial charge is 0.280 e. The average Bonchev–Trinajstić information content (AvgIpc) is 3.48. The number of benzene rings is 1. The molecule has 1 aliphatic carbocycles. The van der Waals surface area contributed by atoms with Gasteiger partial charge in [-0.15, -0.1) is 11.3 Å². The van der Waals surface area contributed by atoms with E-state index in [1.54, 1.807) is 24.3 Å². The second kappa shape index (κ2) is 18.4. The number of thiazole rings is 1. The molecule has 1 aromatic heterocycles. The molecular weight excluding hydrogens is 657 g/mol. The minimum Gasteiger partial charge on any atom is -0.390 e. The van der Waals surface area contributed by atoms with E-state index in [0.29, 0.717) is 22.9 Å². The van der Waals surface area contributed by atoms with Crippen molar-refractivity contribution in [1.82, 2.24) is 24.6 Å². The molecule has 5 atom stereocenters. The summed E-state index contributed by atoms with van der Waals surface area (Å²) in [7, 11) is -4.07. The van der Waals surface area contributed by atoms with Gasteiger partial charge in [0.15, 0.2) is 5.13 Å². The molecule has 13 nitrogen and oxygen atoms in total. The van der Waals surface area contributed by atoms with Gasteiger partial charge in [-0.2, -0.15) is 17.4 Å². The van der Waals surface area contributed by atoms with Crippen molar-refractivity contribution in [3.8, 4) is 0 Å². The van der Waals surface area contributed by atoms with Gasteiger partial charge in [-0.05, 0) is 36.7 Å². The number of ether oxygens (including phenoxy) is 1. The maximum atomic E-state index is 14.1. The van der Waals surface area contributed by atoms with Gasteiger partial charge >= 0.3 is 0 Å². The van der Waals surface area contributed by atoms with E-state index in [9.17, 15) is 28.2 Å². The number of nitrogens with two attached hydrogens (primary N) is 1. The molecule has 15 heteroatoms. The van der Waals surface area contributed by atoms with Crippen molar-refractivity contribution in [2.45, 2.75) is 102 Å². The van der Waals surface area contributed by atoms with Crippen LogP contribution in [-0.4, -0.2) is 96.4 Å². The standard InChI is InChI=1S/C33H52N6O7S2/c1-22(2)17-29(40)30(41)26(18-23-9-5-3-6-10-23)36-31(42)27(20-25-21-35-33(34)47-25)37-32(43)28(19-24-11-7-4-8-12-24)38-48(44,45)39-13-15-46-16-14-39/h4,7-8,11-12,21-23,26-30,38,40-41H,3,5-6,9-10,13-20H2,1-2H3,(H2,34,35)(H,36,42)(H,37,43)/t26-,27-,28-,29-,30+/m0/s1. The van der Waals surface area contributed by atoms with E-state index in [1.165, 1.54) is 21.8 Å². The summed E-state index contributed by atoms with van der Waals surface area (Å²) in [6, 6.07) is 5.90. The Balaban J connectivity index is 1.58. The van der Waals surface area contributed by atoms with Crippen LogP contribution in [0.2, 0.25) is 0 Å². The summed E-state index contributed by atoms with van der Waals surface area (Å²) in [5, 5.41) is 28.3. The number of hydrogen-bond acceptors (Lipinski definition) is 10. The summed E-state index contributed by atoms with van der Waals surface area (Å²) < 4.78 is 35.9. The van der Waals surface area contributed by atoms with Gasteiger partial charge in [0, 0.05) is 30.6 Å². The van der Waals surface area contributed by atoms with Crippen molar-refractivity contribution in [3.63, 3.8) is 0 Å². The number of rotatable bonds is 17. The molecule has 48 heavy (non-hydrogen) atoms. The fourth-order valence-corrected chi connectivity index (χ4v) is 8.48. The number of aromatic nitrogens is 1. The van der Waals surface area contributed by atoms with Crippen LogP contribution in [0.5, 0.6) is 0 Å². The zero-order valence-corrected chi connectivity index (χ0v) is 29.6. The molecule has 2 fully saturated rings. The third-order valence-corrected chi connectivity index (χ3v) is 11.4. The number of nitrogen functional groups attached to an aromatic ring is 1. The maximum absolute atomic E-state index is 14.1. The van der Waals surface area contributed by atoms with Crippen LogP contribution in [-0.2, 0) is 37.4 Å². The second-order valence-electron chi connectivity index (χ2n) is 13.3. The van der Waals surface area contributed by atoms with E-state index in [2.05, 4.69) is 20.3 Å². The number of carbonyl (C=O) groups is 2. The highest BCUT2D eigenvalue weighted by Crippen LogP contribution is 2.29. The van der Waals surface area contributed by atoms with Crippen LogP contribution < -0.4 is 21.1 Å². The van der Waals surface area contributed by atoms with Gasteiger partial charge in [-0.25, -0.2) is 4.98 Å². The van der Waals surface area contributed by atoms with Crippen molar-refractivity contribution in [2.75, 3.05) is 32.0 Å². The van der Waals surface area contributed by atoms with Gasteiger partial charge < -0.3 is 31.3 Å². The minimum absolute atomic E-state index is 0.0432. The first-order valence-corrected chi connectivity index (χ1v) is 19.2. The molecule has 0 unspecified atom stereocenters. The molecule has 2 heterocycles. The molecule has 2 aliphatic rings. The Morgan fingerprint density at radius 1 is 1.02 bits per heavy atom. The van der Waals surface area contributed by atoms with Gasteiger partial charge in [-0.3, -0.25) is 9.59 Å². The van der Waals surface area contributed by atoms with E-state index < -0.39 is 52.4 Å². The van der Waals surface area contributed by atoms with Crippen molar-refractivity contribution in [2.24, 2.45) is 11.8 Å². The van der Waals surface area contributed by atoms with E-state index in [4.69, 9.17) is 10.5 Å². The summed E-state index contributed by atoms with van der Waals surface area (Å²) >= 11 is 1.18. The normalized spacial score (nSPS) is 19.7. The Hall–Kier alpha value is -2.66. The van der Waals surface area contributed by atoms with Crippen LogP contribution in [0, 0.1) is 11.8 Å². The number of morpholine rings is 1. The van der Waals surface area contributed by atoms with E-state index in [0.717, 1.165) is 37.7 Å². The lowest BCUT2D eigenvalue weighted by atomic mass is 9.82. The number of anilines is 1. The predicted molar refractivity (Wildman–Crippen MR) is 185 cm³/mol. The lowest BCUT2D eigenvalue weighted by Gasteiger charge is -2.34. The van der Waals surface area contributed by atoms with Crippen molar-refractivity contribution < 1.29 is 33.0 Å². The third kappa shape index (κ3) is 11.7. The van der Waals surface area contributed by atoms with E-state index >= 15 is 0 Å². The first-order chi connectivity index (χ1) is 22.9. The Labute approximate surface area is 288 Å². The Morgan fingerprint density at radius 3 is 2.31 bits per heavy atom. The van der Waals surface area contributed by atoms with Crippen LogP contribution >= 0.6 is 11.3 Å². The molecular formula is C33H52N6O7S2. The Bertz CT molecular complexity index is 1400. The molecule has 1 aliphatic heterocycles.